The highest BCUT2D eigenvalue weighted by atomic mass is 32.2. The Balaban J connectivity index is 2.07. The fourth-order valence-corrected chi connectivity index (χ4v) is 4.65. The second-order valence-corrected chi connectivity index (χ2v) is 7.33. The fraction of sp³-hybridized carbons (Fsp3) is 0.667. The molecule has 1 aliphatic carbocycles. The zero-order valence-corrected chi connectivity index (χ0v) is 14.5. The van der Waals surface area contributed by atoms with Crippen LogP contribution in [0.25, 0.3) is 0 Å². The van der Waals surface area contributed by atoms with E-state index in [-0.39, 0.29) is 5.91 Å². The SMILES string of the molecule is CCCNC(=O)c1sc(NCC2CCCC2)c(SC)c1N. The van der Waals surface area contributed by atoms with Gasteiger partial charge in [-0.2, -0.15) is 0 Å². The van der Waals surface area contributed by atoms with Crippen molar-refractivity contribution in [3.8, 4) is 0 Å². The maximum atomic E-state index is 12.1. The lowest BCUT2D eigenvalue weighted by molar-refractivity contribution is 0.0958. The molecule has 0 aromatic carbocycles. The minimum Gasteiger partial charge on any atom is -0.396 e. The number of hydrogen-bond acceptors (Lipinski definition) is 5. The van der Waals surface area contributed by atoms with E-state index in [1.807, 2.05) is 13.2 Å². The van der Waals surface area contributed by atoms with Crippen molar-refractivity contribution in [1.82, 2.24) is 5.32 Å². The molecule has 4 N–H and O–H groups in total. The molecule has 118 valence electrons. The van der Waals surface area contributed by atoms with Gasteiger partial charge in [-0.15, -0.1) is 23.1 Å². The molecule has 0 bridgehead atoms. The number of nitrogens with one attached hydrogen (secondary N) is 2. The molecule has 0 atom stereocenters. The maximum absolute atomic E-state index is 12.1. The van der Waals surface area contributed by atoms with E-state index in [1.165, 1.54) is 37.0 Å². The summed E-state index contributed by atoms with van der Waals surface area (Å²) in [6.07, 6.45) is 8.25. The second kappa shape index (κ2) is 7.94. The van der Waals surface area contributed by atoms with E-state index in [0.717, 1.165) is 28.8 Å². The summed E-state index contributed by atoms with van der Waals surface area (Å²) in [4.78, 5) is 13.8. The van der Waals surface area contributed by atoms with E-state index in [1.54, 1.807) is 11.8 Å². The van der Waals surface area contributed by atoms with Gasteiger partial charge >= 0.3 is 0 Å². The van der Waals surface area contributed by atoms with Gasteiger partial charge < -0.3 is 16.4 Å². The molecule has 2 rings (SSSR count). The number of thioether (sulfide) groups is 1. The molecule has 1 heterocycles. The summed E-state index contributed by atoms with van der Waals surface area (Å²) in [7, 11) is 0. The normalized spacial score (nSPS) is 15.3. The zero-order valence-electron chi connectivity index (χ0n) is 12.8. The molecule has 1 saturated carbocycles. The molecule has 1 aromatic heterocycles. The number of nitrogens with two attached hydrogens (primary N) is 1. The molecule has 1 amide bonds. The van der Waals surface area contributed by atoms with E-state index in [9.17, 15) is 4.79 Å². The van der Waals surface area contributed by atoms with E-state index in [4.69, 9.17) is 5.73 Å². The summed E-state index contributed by atoms with van der Waals surface area (Å²) in [5, 5.41) is 7.47. The first kappa shape index (κ1) is 16.5. The Bertz CT molecular complexity index is 482. The lowest BCUT2D eigenvalue weighted by atomic mass is 10.1. The lowest BCUT2D eigenvalue weighted by Crippen LogP contribution is -2.23. The van der Waals surface area contributed by atoms with Gasteiger partial charge in [0.05, 0.1) is 10.6 Å². The molecular formula is C15H25N3OS2. The average Bonchev–Trinajstić information content (AvgIpc) is 3.10. The average molecular weight is 328 g/mol. The molecule has 0 radical (unpaired) electrons. The highest BCUT2D eigenvalue weighted by Crippen LogP contribution is 2.42. The summed E-state index contributed by atoms with van der Waals surface area (Å²) >= 11 is 3.09. The van der Waals surface area contributed by atoms with Crippen LogP contribution < -0.4 is 16.4 Å². The van der Waals surface area contributed by atoms with Crippen molar-refractivity contribution in [3.05, 3.63) is 4.88 Å². The smallest absolute Gasteiger partial charge is 0.263 e. The molecule has 1 aromatic rings. The van der Waals surface area contributed by atoms with Gasteiger partial charge in [-0.05, 0) is 31.4 Å². The zero-order chi connectivity index (χ0) is 15.2. The highest BCUT2D eigenvalue weighted by molar-refractivity contribution is 7.99. The Hall–Kier alpha value is -0.880. The first-order chi connectivity index (χ1) is 10.2. The summed E-state index contributed by atoms with van der Waals surface area (Å²) in [6, 6.07) is 0. The van der Waals surface area contributed by atoms with Crippen molar-refractivity contribution in [2.24, 2.45) is 5.92 Å². The van der Waals surface area contributed by atoms with Gasteiger partial charge in [0.25, 0.3) is 5.91 Å². The maximum Gasteiger partial charge on any atom is 0.263 e. The molecule has 1 aliphatic rings. The number of carbonyl (C=O) groups is 1. The number of amides is 1. The summed E-state index contributed by atoms with van der Waals surface area (Å²) < 4.78 is 0. The van der Waals surface area contributed by atoms with Crippen molar-refractivity contribution in [2.75, 3.05) is 30.4 Å². The Kier molecular flexibility index (Phi) is 6.23. The van der Waals surface area contributed by atoms with Crippen LogP contribution >= 0.6 is 23.1 Å². The predicted octanol–water partition coefficient (Wildman–Crippen LogP) is 3.79. The standard InChI is InChI=1S/C15H25N3OS2/c1-3-8-17-14(19)12-11(16)13(20-2)15(21-12)18-9-10-6-4-5-7-10/h10,18H,3-9,16H2,1-2H3,(H,17,19). The monoisotopic (exact) mass is 327 g/mol. The van der Waals surface area contributed by atoms with Gasteiger partial charge in [-0.3, -0.25) is 4.79 Å². The Morgan fingerprint density at radius 1 is 1.43 bits per heavy atom. The molecule has 1 fully saturated rings. The predicted molar refractivity (Wildman–Crippen MR) is 93.6 cm³/mol. The molecule has 4 nitrogen and oxygen atoms in total. The van der Waals surface area contributed by atoms with Crippen LogP contribution in [0.2, 0.25) is 0 Å². The van der Waals surface area contributed by atoms with Crippen molar-refractivity contribution < 1.29 is 4.79 Å². The molecule has 0 unspecified atom stereocenters. The van der Waals surface area contributed by atoms with E-state index in [0.29, 0.717) is 17.1 Å². The number of anilines is 2. The summed E-state index contributed by atoms with van der Waals surface area (Å²) in [6.45, 7) is 3.72. The van der Waals surface area contributed by atoms with Crippen molar-refractivity contribution >= 4 is 39.7 Å². The third-order valence-corrected chi connectivity index (χ3v) is 6.00. The molecule has 6 heteroatoms. The van der Waals surface area contributed by atoms with Crippen LogP contribution in [0, 0.1) is 5.92 Å². The lowest BCUT2D eigenvalue weighted by Gasteiger charge is -2.11. The summed E-state index contributed by atoms with van der Waals surface area (Å²) in [5.74, 6) is 0.712. The molecular weight excluding hydrogens is 302 g/mol. The topological polar surface area (TPSA) is 67.2 Å². The Labute approximate surface area is 135 Å². The van der Waals surface area contributed by atoms with Crippen LogP contribution in [0.5, 0.6) is 0 Å². The first-order valence-corrected chi connectivity index (χ1v) is 9.69. The Morgan fingerprint density at radius 3 is 2.76 bits per heavy atom. The number of rotatable bonds is 7. The van der Waals surface area contributed by atoms with Crippen molar-refractivity contribution in [3.63, 3.8) is 0 Å². The van der Waals surface area contributed by atoms with Gasteiger partial charge in [-0.1, -0.05) is 19.8 Å². The van der Waals surface area contributed by atoms with Crippen LogP contribution in [0.1, 0.15) is 48.7 Å². The first-order valence-electron chi connectivity index (χ1n) is 7.65. The second-order valence-electron chi connectivity index (χ2n) is 5.49. The van der Waals surface area contributed by atoms with Crippen LogP contribution in [0.15, 0.2) is 4.90 Å². The third kappa shape index (κ3) is 4.07. The number of carbonyl (C=O) groups excluding carboxylic acids is 1. The third-order valence-electron chi connectivity index (χ3n) is 3.87. The Morgan fingerprint density at radius 2 is 2.14 bits per heavy atom. The van der Waals surface area contributed by atoms with Gasteiger partial charge in [0.15, 0.2) is 0 Å². The summed E-state index contributed by atoms with van der Waals surface area (Å²) in [5.41, 5.74) is 6.78. The van der Waals surface area contributed by atoms with E-state index in [2.05, 4.69) is 10.6 Å². The van der Waals surface area contributed by atoms with Gasteiger partial charge in [0.1, 0.15) is 9.88 Å². The van der Waals surface area contributed by atoms with Crippen LogP contribution in [-0.2, 0) is 0 Å². The number of nitrogen functional groups attached to an aromatic ring is 1. The fourth-order valence-electron chi connectivity index (χ4n) is 2.69. The van der Waals surface area contributed by atoms with Crippen molar-refractivity contribution in [1.29, 1.82) is 0 Å². The number of thiophene rings is 1. The van der Waals surface area contributed by atoms with Gasteiger partial charge in [0, 0.05) is 13.1 Å². The number of hydrogen-bond donors (Lipinski definition) is 3. The largest absolute Gasteiger partial charge is 0.396 e. The van der Waals surface area contributed by atoms with Crippen LogP contribution in [0.3, 0.4) is 0 Å². The van der Waals surface area contributed by atoms with Crippen molar-refractivity contribution in [2.45, 2.75) is 43.9 Å². The molecule has 0 spiro atoms. The quantitative estimate of drug-likeness (QED) is 0.667. The van der Waals surface area contributed by atoms with Gasteiger partial charge in [-0.25, -0.2) is 0 Å². The molecule has 21 heavy (non-hydrogen) atoms. The minimum absolute atomic E-state index is 0.0523. The molecule has 0 saturated heterocycles. The van der Waals surface area contributed by atoms with Crippen LogP contribution in [-0.4, -0.2) is 25.3 Å². The van der Waals surface area contributed by atoms with Crippen LogP contribution in [0.4, 0.5) is 10.7 Å². The minimum atomic E-state index is -0.0523. The molecule has 0 aliphatic heterocycles. The van der Waals surface area contributed by atoms with E-state index >= 15 is 0 Å². The van der Waals surface area contributed by atoms with Gasteiger partial charge in [0.2, 0.25) is 0 Å². The van der Waals surface area contributed by atoms with E-state index < -0.39 is 0 Å². The highest BCUT2D eigenvalue weighted by Gasteiger charge is 2.21.